The fourth-order valence-corrected chi connectivity index (χ4v) is 4.91. The van der Waals surface area contributed by atoms with Crippen LogP contribution in [0, 0.1) is 11.7 Å². The van der Waals surface area contributed by atoms with Gasteiger partial charge in [-0.3, -0.25) is 14.7 Å². The van der Waals surface area contributed by atoms with Crippen molar-refractivity contribution in [1.82, 2.24) is 14.8 Å². The number of pyridine rings is 1. The Bertz CT molecular complexity index is 1060. The van der Waals surface area contributed by atoms with Crippen molar-refractivity contribution in [2.75, 3.05) is 20.1 Å². The zero-order valence-corrected chi connectivity index (χ0v) is 19.6. The molecule has 1 aliphatic heterocycles. The molecule has 0 spiro atoms. The fourth-order valence-electron chi connectivity index (χ4n) is 4.73. The number of hydrogen-bond acceptors (Lipinski definition) is 3. The van der Waals surface area contributed by atoms with E-state index < -0.39 is 5.82 Å². The van der Waals surface area contributed by atoms with Crippen LogP contribution in [0.3, 0.4) is 0 Å². The lowest BCUT2D eigenvalue weighted by molar-refractivity contribution is 0.0603. The zero-order chi connectivity index (χ0) is 23.2. The maximum absolute atomic E-state index is 13.5. The molecule has 1 atom stereocenters. The Hall–Kier alpha value is -2.76. The van der Waals surface area contributed by atoms with Gasteiger partial charge in [-0.05, 0) is 73.7 Å². The number of hydrogen-bond donors (Lipinski definition) is 0. The first-order valence-electron chi connectivity index (χ1n) is 11.4. The van der Waals surface area contributed by atoms with Crippen molar-refractivity contribution >= 4 is 17.5 Å². The molecule has 0 N–H and O–H groups in total. The van der Waals surface area contributed by atoms with Crippen molar-refractivity contribution in [3.05, 3.63) is 101 Å². The summed E-state index contributed by atoms with van der Waals surface area (Å²) >= 11 is 5.88. The number of carbonyl (C=O) groups is 1. The summed E-state index contributed by atoms with van der Waals surface area (Å²) in [5, 5.41) is -0.0172. The van der Waals surface area contributed by atoms with Crippen molar-refractivity contribution in [2.45, 2.75) is 31.8 Å². The summed E-state index contributed by atoms with van der Waals surface area (Å²) in [5.74, 6) is -0.120. The molecule has 4 nitrogen and oxygen atoms in total. The topological polar surface area (TPSA) is 36.4 Å². The lowest BCUT2D eigenvalue weighted by Crippen LogP contribution is -2.46. The Balaban J connectivity index is 1.45. The minimum atomic E-state index is -0.507. The quantitative estimate of drug-likeness (QED) is 0.464. The molecule has 0 aliphatic carbocycles. The van der Waals surface area contributed by atoms with Crippen LogP contribution < -0.4 is 0 Å². The van der Waals surface area contributed by atoms with Crippen molar-refractivity contribution in [3.8, 4) is 0 Å². The van der Waals surface area contributed by atoms with E-state index in [1.165, 1.54) is 29.3 Å². The number of aromatic nitrogens is 1. The first-order chi connectivity index (χ1) is 16.0. The van der Waals surface area contributed by atoms with Crippen LogP contribution in [0.1, 0.15) is 34.3 Å². The minimum absolute atomic E-state index is 0.0172. The molecule has 2 heterocycles. The zero-order valence-electron chi connectivity index (χ0n) is 18.8. The van der Waals surface area contributed by atoms with Crippen molar-refractivity contribution in [2.24, 2.45) is 5.92 Å². The van der Waals surface area contributed by atoms with E-state index in [0.717, 1.165) is 25.8 Å². The molecule has 1 saturated heterocycles. The molecule has 1 unspecified atom stereocenters. The highest BCUT2D eigenvalue weighted by atomic mass is 35.5. The highest BCUT2D eigenvalue weighted by Gasteiger charge is 2.31. The monoisotopic (exact) mass is 465 g/mol. The average molecular weight is 466 g/mol. The summed E-state index contributed by atoms with van der Waals surface area (Å²) in [4.78, 5) is 21.4. The Labute approximate surface area is 200 Å². The molecule has 1 amide bonds. The second-order valence-electron chi connectivity index (χ2n) is 8.79. The van der Waals surface area contributed by atoms with E-state index in [4.69, 9.17) is 11.6 Å². The molecule has 0 saturated carbocycles. The van der Waals surface area contributed by atoms with Gasteiger partial charge in [0.2, 0.25) is 0 Å². The van der Waals surface area contributed by atoms with E-state index >= 15 is 0 Å². The van der Waals surface area contributed by atoms with E-state index in [2.05, 4.69) is 53.3 Å². The molecule has 172 valence electrons. The first-order valence-corrected chi connectivity index (χ1v) is 11.8. The van der Waals surface area contributed by atoms with Crippen LogP contribution in [0.25, 0.3) is 0 Å². The highest BCUT2D eigenvalue weighted by molar-refractivity contribution is 6.31. The standard InChI is InChI=1S/C27H29ClFN3O/c1-31(19-21-9-13-30-14-10-21)26(17-20-5-3-2-4-6-20)22-11-15-32(16-12-22)27(33)23-7-8-25(29)24(28)18-23/h2-10,13-14,18,22,26H,11-12,15-17,19H2,1H3. The Morgan fingerprint density at radius 3 is 2.45 bits per heavy atom. The predicted molar refractivity (Wildman–Crippen MR) is 130 cm³/mol. The van der Waals surface area contributed by atoms with E-state index in [1.54, 1.807) is 0 Å². The maximum Gasteiger partial charge on any atom is 0.253 e. The van der Waals surface area contributed by atoms with Crippen molar-refractivity contribution < 1.29 is 9.18 Å². The van der Waals surface area contributed by atoms with Gasteiger partial charge in [0.1, 0.15) is 5.82 Å². The third-order valence-electron chi connectivity index (χ3n) is 6.57. The number of likely N-dealkylation sites (N-methyl/N-ethyl adjacent to an activating group) is 1. The summed E-state index contributed by atoms with van der Waals surface area (Å²) in [5.41, 5.74) is 3.00. The van der Waals surface area contributed by atoms with Gasteiger partial charge in [-0.1, -0.05) is 41.9 Å². The Kier molecular flexibility index (Phi) is 7.73. The van der Waals surface area contributed by atoms with Crippen LogP contribution in [-0.4, -0.2) is 46.9 Å². The molecule has 2 aromatic carbocycles. The predicted octanol–water partition coefficient (Wildman–Crippen LogP) is 5.47. The molecule has 0 bridgehead atoms. The summed E-state index contributed by atoms with van der Waals surface area (Å²) < 4.78 is 13.5. The molecule has 1 aliphatic rings. The SMILES string of the molecule is CN(Cc1ccncc1)C(Cc1ccccc1)C1CCN(C(=O)c2ccc(F)c(Cl)c2)CC1. The second-order valence-corrected chi connectivity index (χ2v) is 9.19. The first kappa shape index (κ1) is 23.4. The number of amides is 1. The molecule has 4 rings (SSSR count). The average Bonchev–Trinajstić information content (AvgIpc) is 2.85. The van der Waals surface area contributed by atoms with Gasteiger partial charge in [0.05, 0.1) is 5.02 Å². The van der Waals surface area contributed by atoms with Crippen LogP contribution >= 0.6 is 11.6 Å². The van der Waals surface area contributed by atoms with E-state index in [9.17, 15) is 9.18 Å². The van der Waals surface area contributed by atoms with Gasteiger partial charge in [-0.25, -0.2) is 4.39 Å². The molecule has 33 heavy (non-hydrogen) atoms. The van der Waals surface area contributed by atoms with Crippen LogP contribution in [0.2, 0.25) is 5.02 Å². The highest BCUT2D eigenvalue weighted by Crippen LogP contribution is 2.28. The number of benzene rings is 2. The second kappa shape index (κ2) is 10.9. The molecule has 1 fully saturated rings. The number of carbonyl (C=O) groups excluding carboxylic acids is 1. The van der Waals surface area contributed by atoms with Crippen LogP contribution in [-0.2, 0) is 13.0 Å². The van der Waals surface area contributed by atoms with E-state index in [-0.39, 0.29) is 10.9 Å². The number of rotatable bonds is 7. The van der Waals surface area contributed by atoms with Gasteiger partial charge in [0.15, 0.2) is 0 Å². The minimum Gasteiger partial charge on any atom is -0.339 e. The Morgan fingerprint density at radius 2 is 1.79 bits per heavy atom. The molecule has 1 aromatic heterocycles. The van der Waals surface area contributed by atoms with Crippen LogP contribution in [0.5, 0.6) is 0 Å². The van der Waals surface area contributed by atoms with Crippen molar-refractivity contribution in [3.63, 3.8) is 0 Å². The number of piperidine rings is 1. The number of likely N-dealkylation sites (tertiary alicyclic amines) is 1. The fraction of sp³-hybridized carbons (Fsp3) is 0.333. The van der Waals surface area contributed by atoms with Crippen LogP contribution in [0.4, 0.5) is 4.39 Å². The lowest BCUT2D eigenvalue weighted by Gasteiger charge is -2.40. The third-order valence-corrected chi connectivity index (χ3v) is 6.86. The van der Waals surface area contributed by atoms with Gasteiger partial charge >= 0.3 is 0 Å². The summed E-state index contributed by atoms with van der Waals surface area (Å²) in [6, 6.07) is 19.3. The molecule has 0 radical (unpaired) electrons. The van der Waals surface area contributed by atoms with Gasteiger partial charge in [0, 0.05) is 43.6 Å². The molecule has 6 heteroatoms. The normalized spacial score (nSPS) is 15.6. The van der Waals surface area contributed by atoms with Gasteiger partial charge in [-0.2, -0.15) is 0 Å². The lowest BCUT2D eigenvalue weighted by atomic mass is 9.84. The van der Waals surface area contributed by atoms with E-state index in [0.29, 0.717) is 30.6 Å². The van der Waals surface area contributed by atoms with Gasteiger partial charge in [-0.15, -0.1) is 0 Å². The summed E-state index contributed by atoms with van der Waals surface area (Å²) in [6.45, 7) is 2.23. The summed E-state index contributed by atoms with van der Waals surface area (Å²) in [6.07, 6.45) is 6.49. The maximum atomic E-state index is 13.5. The van der Waals surface area contributed by atoms with Crippen molar-refractivity contribution in [1.29, 1.82) is 0 Å². The third kappa shape index (κ3) is 5.98. The number of halogens is 2. The van der Waals surface area contributed by atoms with Crippen LogP contribution in [0.15, 0.2) is 73.1 Å². The molecular weight excluding hydrogens is 437 g/mol. The number of nitrogens with zero attached hydrogens (tertiary/aromatic N) is 3. The summed E-state index contributed by atoms with van der Waals surface area (Å²) in [7, 11) is 2.19. The molecular formula is C27H29ClFN3O. The van der Waals surface area contributed by atoms with E-state index in [1.807, 2.05) is 23.4 Å². The smallest absolute Gasteiger partial charge is 0.253 e. The van der Waals surface area contributed by atoms with Gasteiger partial charge in [0.25, 0.3) is 5.91 Å². The largest absolute Gasteiger partial charge is 0.339 e. The van der Waals surface area contributed by atoms with Gasteiger partial charge < -0.3 is 4.90 Å². The molecule has 3 aromatic rings. The Morgan fingerprint density at radius 1 is 1.09 bits per heavy atom.